The highest BCUT2D eigenvalue weighted by Crippen LogP contribution is 2.45. The molecule has 224 valence electrons. The van der Waals surface area contributed by atoms with E-state index < -0.39 is 34.6 Å². The number of aromatic nitrogens is 2. The number of carbonyl (C=O) groups excluding carboxylic acids is 1. The molecule has 1 amide bonds. The quantitative estimate of drug-likeness (QED) is 0.278. The minimum absolute atomic E-state index is 0.0918. The predicted octanol–water partition coefficient (Wildman–Crippen LogP) is 4.80. The summed E-state index contributed by atoms with van der Waals surface area (Å²) < 4.78 is 51.4. The fraction of sp³-hybridized carbons (Fsp3) is 0.367. The van der Waals surface area contributed by atoms with E-state index in [1.165, 1.54) is 12.1 Å². The first-order valence-electron chi connectivity index (χ1n) is 13.6. The lowest BCUT2D eigenvalue weighted by atomic mass is 9.72. The molecule has 4 aromatic rings. The first kappa shape index (κ1) is 28.4. The molecule has 0 N–H and O–H groups in total. The van der Waals surface area contributed by atoms with E-state index in [-0.39, 0.29) is 46.4 Å². The zero-order chi connectivity index (χ0) is 30.7. The molecule has 0 radical (unpaired) electrons. The molecule has 2 aliphatic heterocycles. The molecule has 6 rings (SSSR count). The van der Waals surface area contributed by atoms with Crippen molar-refractivity contribution in [1.82, 2.24) is 15.1 Å². The molecule has 10 nitrogen and oxygen atoms in total. The summed E-state index contributed by atoms with van der Waals surface area (Å²) in [6, 6.07) is 12.8. The molecule has 0 unspecified atom stereocenters. The largest absolute Gasteiger partial charge is 0.444 e. The minimum Gasteiger partial charge on any atom is -0.444 e. The maximum atomic E-state index is 15.3. The van der Waals surface area contributed by atoms with Gasteiger partial charge in [-0.05, 0) is 45.0 Å². The summed E-state index contributed by atoms with van der Waals surface area (Å²) in [5, 5.41) is 6.83. The van der Waals surface area contributed by atoms with Crippen LogP contribution in [0.15, 0.2) is 62.5 Å². The van der Waals surface area contributed by atoms with Gasteiger partial charge in [0.15, 0.2) is 0 Å². The van der Waals surface area contributed by atoms with Crippen LogP contribution in [0.3, 0.4) is 0 Å². The number of nitrogens with zero attached hydrogens (tertiary/aromatic N) is 5. The van der Waals surface area contributed by atoms with Crippen LogP contribution in [0.2, 0.25) is 0 Å². The number of ether oxygens (including phenoxy) is 1. The van der Waals surface area contributed by atoms with Crippen molar-refractivity contribution in [2.75, 3.05) is 36.0 Å². The average molecular weight is 596 g/mol. The summed E-state index contributed by atoms with van der Waals surface area (Å²) in [6.07, 6.45) is -3.34. The van der Waals surface area contributed by atoms with Crippen LogP contribution in [0, 0.1) is 11.2 Å². The smallest absolute Gasteiger partial charge is 0.410 e. The lowest BCUT2D eigenvalue weighted by Gasteiger charge is -2.60. The van der Waals surface area contributed by atoms with Gasteiger partial charge in [0, 0.05) is 48.4 Å². The molecule has 0 bridgehead atoms. The van der Waals surface area contributed by atoms with Crippen LogP contribution in [0.25, 0.3) is 11.5 Å². The Morgan fingerprint density at radius 3 is 2.35 bits per heavy atom. The Bertz CT molecular complexity index is 1750. The molecule has 3 heterocycles. The zero-order valence-electron chi connectivity index (χ0n) is 23.6. The molecule has 1 spiro atoms. The lowest BCUT2D eigenvalue weighted by molar-refractivity contribution is -0.0453. The van der Waals surface area contributed by atoms with Gasteiger partial charge < -0.3 is 23.9 Å². The molecule has 2 saturated heterocycles. The van der Waals surface area contributed by atoms with Crippen molar-refractivity contribution in [3.8, 4) is 11.5 Å². The number of rotatable bonds is 7. The summed E-state index contributed by atoms with van der Waals surface area (Å²) in [7, 11) is 0. The number of para-hydroxylation sites is 1. The second-order valence-electron chi connectivity index (χ2n) is 12.0. The van der Waals surface area contributed by atoms with Crippen LogP contribution in [0.5, 0.6) is 0 Å². The van der Waals surface area contributed by atoms with Crippen LogP contribution in [-0.4, -0.2) is 53.0 Å². The standard InChI is InChI=1S/C30H28F3N5O5/c1-29(2,3)43-28(41)37-15-30(16-37)13-36(14-30)21-22(24(40)23(21)39)38(19-7-5-4-6-8-19)12-18-10-9-17(11-20(18)31)26-34-35-27(42-26)25(32)33/h4-11,25H,12-16H2,1-3H3. The van der Waals surface area contributed by atoms with Gasteiger partial charge in [-0.1, -0.05) is 24.3 Å². The molecule has 1 aromatic heterocycles. The third-order valence-corrected chi connectivity index (χ3v) is 7.53. The van der Waals surface area contributed by atoms with Gasteiger partial charge in [0.2, 0.25) is 5.89 Å². The molecule has 2 aliphatic rings. The summed E-state index contributed by atoms with van der Waals surface area (Å²) >= 11 is 0. The van der Waals surface area contributed by atoms with Crippen molar-refractivity contribution in [3.05, 3.63) is 86.2 Å². The van der Waals surface area contributed by atoms with E-state index in [4.69, 9.17) is 9.15 Å². The van der Waals surface area contributed by atoms with Crippen molar-refractivity contribution in [3.63, 3.8) is 0 Å². The van der Waals surface area contributed by atoms with Crippen molar-refractivity contribution in [2.24, 2.45) is 5.41 Å². The highest BCUT2D eigenvalue weighted by molar-refractivity contribution is 5.82. The Morgan fingerprint density at radius 1 is 1.05 bits per heavy atom. The lowest BCUT2D eigenvalue weighted by Crippen LogP contribution is -2.74. The molecular weight excluding hydrogens is 567 g/mol. The van der Waals surface area contributed by atoms with Crippen LogP contribution in [-0.2, 0) is 11.3 Å². The van der Waals surface area contributed by atoms with Crippen molar-refractivity contribution < 1.29 is 27.1 Å². The monoisotopic (exact) mass is 595 g/mol. The van der Waals surface area contributed by atoms with Gasteiger partial charge >= 0.3 is 12.5 Å². The van der Waals surface area contributed by atoms with E-state index in [0.29, 0.717) is 31.9 Å². The number of hydrogen-bond donors (Lipinski definition) is 0. The Balaban J connectivity index is 1.23. The topological polar surface area (TPSA) is 109 Å². The number of hydrogen-bond acceptors (Lipinski definition) is 9. The highest BCUT2D eigenvalue weighted by atomic mass is 19.3. The van der Waals surface area contributed by atoms with Crippen molar-refractivity contribution in [1.29, 1.82) is 0 Å². The van der Waals surface area contributed by atoms with E-state index in [0.717, 1.165) is 6.07 Å². The number of benzene rings is 2. The minimum atomic E-state index is -2.95. The Hall–Kier alpha value is -4.68. The average Bonchev–Trinajstić information content (AvgIpc) is 3.41. The highest BCUT2D eigenvalue weighted by Gasteiger charge is 2.55. The fourth-order valence-electron chi connectivity index (χ4n) is 5.58. The fourth-order valence-corrected chi connectivity index (χ4v) is 5.58. The Labute approximate surface area is 244 Å². The Morgan fingerprint density at radius 2 is 1.74 bits per heavy atom. The molecule has 43 heavy (non-hydrogen) atoms. The van der Waals surface area contributed by atoms with Crippen LogP contribution in [0.1, 0.15) is 38.7 Å². The second-order valence-corrected chi connectivity index (χ2v) is 12.0. The SMILES string of the molecule is CC(C)(C)OC(=O)N1CC2(C1)CN(c1c(N(Cc3ccc(-c4nnc(C(F)F)o4)cc3F)c3ccccc3)c(=O)c1=O)C2. The molecular formula is C30H28F3N5O5. The third-order valence-electron chi connectivity index (χ3n) is 7.53. The van der Waals surface area contributed by atoms with Crippen LogP contribution >= 0.6 is 0 Å². The molecule has 0 aliphatic carbocycles. The van der Waals surface area contributed by atoms with Crippen LogP contribution < -0.4 is 20.7 Å². The van der Waals surface area contributed by atoms with Gasteiger partial charge in [0.1, 0.15) is 22.8 Å². The Kier molecular flexibility index (Phi) is 6.78. The van der Waals surface area contributed by atoms with Gasteiger partial charge in [0.25, 0.3) is 16.7 Å². The van der Waals surface area contributed by atoms with E-state index >= 15 is 4.39 Å². The summed E-state index contributed by atoms with van der Waals surface area (Å²) in [5.41, 5.74) is -0.772. The summed E-state index contributed by atoms with van der Waals surface area (Å²) in [4.78, 5) is 43.3. The van der Waals surface area contributed by atoms with E-state index in [1.807, 2.05) is 4.90 Å². The maximum absolute atomic E-state index is 15.3. The number of amides is 1. The number of anilines is 3. The second kappa shape index (κ2) is 10.2. The summed E-state index contributed by atoms with van der Waals surface area (Å²) in [6.45, 7) is 7.26. The molecule has 3 aromatic carbocycles. The van der Waals surface area contributed by atoms with Gasteiger partial charge in [-0.25, -0.2) is 9.18 Å². The number of carbonyl (C=O) groups is 1. The molecule has 2 fully saturated rings. The van der Waals surface area contributed by atoms with E-state index in [1.54, 1.807) is 60.9 Å². The van der Waals surface area contributed by atoms with E-state index in [2.05, 4.69) is 10.2 Å². The van der Waals surface area contributed by atoms with Gasteiger partial charge in [0.05, 0.1) is 6.54 Å². The summed E-state index contributed by atoms with van der Waals surface area (Å²) in [5.74, 6) is -1.80. The molecule has 0 atom stereocenters. The first-order valence-corrected chi connectivity index (χ1v) is 13.6. The predicted molar refractivity (Wildman–Crippen MR) is 151 cm³/mol. The molecule has 13 heteroatoms. The number of halogens is 3. The zero-order valence-corrected chi connectivity index (χ0v) is 23.6. The van der Waals surface area contributed by atoms with Crippen LogP contribution in [0.4, 0.5) is 35.0 Å². The normalized spacial score (nSPS) is 16.0. The van der Waals surface area contributed by atoms with Crippen molar-refractivity contribution in [2.45, 2.75) is 39.3 Å². The van der Waals surface area contributed by atoms with E-state index in [9.17, 15) is 23.2 Å². The van der Waals surface area contributed by atoms with Gasteiger partial charge in [-0.2, -0.15) is 8.78 Å². The van der Waals surface area contributed by atoms with Crippen molar-refractivity contribution >= 4 is 23.2 Å². The number of alkyl halides is 2. The maximum Gasteiger partial charge on any atom is 0.410 e. The van der Waals surface area contributed by atoms with Gasteiger partial charge in [-0.15, -0.1) is 10.2 Å². The molecule has 0 saturated carbocycles. The number of likely N-dealkylation sites (tertiary alicyclic amines) is 1. The first-order chi connectivity index (χ1) is 20.3. The van der Waals surface area contributed by atoms with Gasteiger partial charge in [-0.3, -0.25) is 9.59 Å². The third kappa shape index (κ3) is 5.23.